The lowest BCUT2D eigenvalue weighted by molar-refractivity contribution is -0.384. The Morgan fingerprint density at radius 2 is 1.75 bits per heavy atom. The summed E-state index contributed by atoms with van der Waals surface area (Å²) in [5.41, 5.74) is 3.05. The van der Waals surface area contributed by atoms with E-state index in [1.807, 2.05) is 0 Å². The highest BCUT2D eigenvalue weighted by atomic mass is 79.9. The van der Waals surface area contributed by atoms with Crippen LogP contribution in [0.2, 0.25) is 0 Å². The lowest BCUT2D eigenvalue weighted by atomic mass is 10.2. The Morgan fingerprint density at radius 1 is 1.06 bits per heavy atom. The van der Waals surface area contributed by atoms with Crippen molar-refractivity contribution in [3.8, 4) is 0 Å². The third kappa shape index (κ3) is 5.77. The predicted molar refractivity (Wildman–Crippen MR) is 124 cm³/mol. The summed E-state index contributed by atoms with van der Waals surface area (Å²) in [5.74, 6) is -0.664. The Morgan fingerprint density at radius 3 is 2.38 bits per heavy atom. The third-order valence-corrected chi connectivity index (χ3v) is 6.50. The maximum Gasteiger partial charge on any atom is 0.269 e. The number of carbonyl (C=O) groups is 1. The van der Waals surface area contributed by atoms with Crippen molar-refractivity contribution in [2.24, 2.45) is 5.10 Å². The fourth-order valence-corrected chi connectivity index (χ4v) is 4.51. The zero-order chi connectivity index (χ0) is 23.1. The number of hydrogen-bond acceptors (Lipinski definition) is 6. The summed E-state index contributed by atoms with van der Waals surface area (Å²) in [7, 11) is -4.02. The van der Waals surface area contributed by atoms with Crippen molar-refractivity contribution in [2.75, 3.05) is 10.8 Å². The number of non-ortho nitro benzene ring substituents is 1. The van der Waals surface area contributed by atoms with E-state index in [-0.39, 0.29) is 10.6 Å². The molecule has 32 heavy (non-hydrogen) atoms. The average Bonchev–Trinajstić information content (AvgIpc) is 2.78. The number of nitro groups is 1. The van der Waals surface area contributed by atoms with Crippen LogP contribution in [0, 0.1) is 10.1 Å². The van der Waals surface area contributed by atoms with E-state index in [0.717, 1.165) is 4.31 Å². The fourth-order valence-electron chi connectivity index (χ4n) is 2.69. The molecule has 3 rings (SSSR count). The molecule has 0 spiro atoms. The van der Waals surface area contributed by atoms with Gasteiger partial charge in [0.15, 0.2) is 0 Å². The maximum atomic E-state index is 13.2. The molecule has 0 atom stereocenters. The maximum absolute atomic E-state index is 13.2. The van der Waals surface area contributed by atoms with Gasteiger partial charge in [0.1, 0.15) is 6.54 Å². The van der Waals surface area contributed by atoms with Crippen molar-refractivity contribution >= 4 is 49.4 Å². The van der Waals surface area contributed by atoms with Crippen LogP contribution in [0.25, 0.3) is 0 Å². The van der Waals surface area contributed by atoms with Gasteiger partial charge in [0.25, 0.3) is 21.6 Å². The number of sulfonamides is 1. The molecule has 1 amide bonds. The van der Waals surface area contributed by atoms with Crippen LogP contribution in [0.4, 0.5) is 11.4 Å². The number of nitro benzene ring substituents is 1. The van der Waals surface area contributed by atoms with Gasteiger partial charge in [-0.25, -0.2) is 13.8 Å². The van der Waals surface area contributed by atoms with Gasteiger partial charge >= 0.3 is 0 Å². The van der Waals surface area contributed by atoms with E-state index in [1.54, 1.807) is 42.5 Å². The molecule has 0 heterocycles. The van der Waals surface area contributed by atoms with Gasteiger partial charge in [-0.1, -0.05) is 40.2 Å². The first-order valence-corrected chi connectivity index (χ1v) is 11.4. The highest BCUT2D eigenvalue weighted by Crippen LogP contribution is 2.26. The molecule has 0 aromatic heterocycles. The predicted octanol–water partition coefficient (Wildman–Crippen LogP) is 3.70. The molecule has 3 aromatic carbocycles. The first-order valence-electron chi connectivity index (χ1n) is 9.17. The molecule has 0 radical (unpaired) electrons. The standard InChI is InChI=1S/C21H17BrN4O5S/c22-17-5-4-6-19(13-17)25(32(30,31)20-7-2-1-3-8-20)15-21(27)24-23-14-16-9-11-18(12-10-16)26(28)29/h1-14H,15H2,(H,24,27)/b23-14-. The number of nitrogens with one attached hydrogen (secondary N) is 1. The van der Waals surface area contributed by atoms with Crippen LogP contribution in [-0.4, -0.2) is 32.0 Å². The van der Waals surface area contributed by atoms with Crippen molar-refractivity contribution in [2.45, 2.75) is 4.90 Å². The quantitative estimate of drug-likeness (QED) is 0.277. The van der Waals surface area contributed by atoms with Gasteiger partial charge in [-0.2, -0.15) is 5.10 Å². The van der Waals surface area contributed by atoms with E-state index in [0.29, 0.717) is 15.7 Å². The number of carbonyl (C=O) groups excluding carboxylic acids is 1. The lowest BCUT2D eigenvalue weighted by Crippen LogP contribution is -2.39. The molecular formula is C21H17BrN4O5S. The van der Waals surface area contributed by atoms with Gasteiger partial charge < -0.3 is 0 Å². The van der Waals surface area contributed by atoms with Crippen molar-refractivity contribution in [1.82, 2.24) is 5.43 Å². The molecule has 0 aliphatic rings. The van der Waals surface area contributed by atoms with Gasteiger partial charge in [-0.05, 0) is 48.0 Å². The summed E-state index contributed by atoms with van der Waals surface area (Å²) in [6.45, 7) is -0.509. The van der Waals surface area contributed by atoms with Gasteiger partial charge in [-0.3, -0.25) is 19.2 Å². The summed E-state index contributed by atoms with van der Waals surface area (Å²) < 4.78 is 28.0. The minimum absolute atomic E-state index is 0.0437. The van der Waals surface area contributed by atoms with Crippen molar-refractivity contribution in [3.63, 3.8) is 0 Å². The van der Waals surface area contributed by atoms with Crippen molar-refractivity contribution < 1.29 is 18.1 Å². The summed E-state index contributed by atoms with van der Waals surface area (Å²) >= 11 is 3.31. The average molecular weight is 517 g/mol. The molecule has 0 saturated heterocycles. The van der Waals surface area contributed by atoms with Gasteiger partial charge in [0, 0.05) is 16.6 Å². The first kappa shape index (κ1) is 23.1. The van der Waals surface area contributed by atoms with Crippen LogP contribution in [-0.2, 0) is 14.8 Å². The molecule has 0 saturated carbocycles. The van der Waals surface area contributed by atoms with Gasteiger partial charge in [-0.15, -0.1) is 0 Å². The van der Waals surface area contributed by atoms with Crippen LogP contribution >= 0.6 is 15.9 Å². The number of nitrogens with zero attached hydrogens (tertiary/aromatic N) is 3. The fraction of sp³-hybridized carbons (Fsp3) is 0.0476. The molecule has 11 heteroatoms. The van der Waals surface area contributed by atoms with E-state index in [1.165, 1.54) is 42.6 Å². The molecule has 0 fully saturated rings. The highest BCUT2D eigenvalue weighted by Gasteiger charge is 2.27. The monoisotopic (exact) mass is 516 g/mol. The smallest absolute Gasteiger partial charge is 0.269 e. The first-order chi connectivity index (χ1) is 15.3. The van der Waals surface area contributed by atoms with Crippen LogP contribution in [0.5, 0.6) is 0 Å². The zero-order valence-electron chi connectivity index (χ0n) is 16.5. The number of halogens is 1. The molecule has 1 N–H and O–H groups in total. The number of hydrazone groups is 1. The van der Waals surface area contributed by atoms with Gasteiger partial charge in [0.2, 0.25) is 0 Å². The van der Waals surface area contributed by atoms with Crippen LogP contribution in [0.3, 0.4) is 0 Å². The Hall–Kier alpha value is -3.57. The molecule has 0 bridgehead atoms. The molecule has 0 aliphatic heterocycles. The summed E-state index contributed by atoms with van der Waals surface area (Å²) in [6, 6.07) is 19.9. The number of rotatable bonds is 8. The largest absolute Gasteiger partial charge is 0.271 e. The van der Waals surface area contributed by atoms with Crippen LogP contribution < -0.4 is 9.73 Å². The van der Waals surface area contributed by atoms with Crippen LogP contribution in [0.1, 0.15) is 5.56 Å². The SMILES string of the molecule is O=C(CN(c1cccc(Br)c1)S(=O)(=O)c1ccccc1)N/N=C\c1ccc([N+](=O)[O-])cc1. The second kappa shape index (κ2) is 10.2. The van der Waals surface area contributed by atoms with E-state index < -0.39 is 27.4 Å². The molecule has 0 aliphatic carbocycles. The Kier molecular flexibility index (Phi) is 7.33. The number of hydrogen-bond donors (Lipinski definition) is 1. The van der Waals surface area contributed by atoms with E-state index in [2.05, 4.69) is 26.5 Å². The molecule has 164 valence electrons. The number of amides is 1. The Labute approximate surface area is 192 Å². The number of benzene rings is 3. The highest BCUT2D eigenvalue weighted by molar-refractivity contribution is 9.10. The van der Waals surface area contributed by atoms with E-state index >= 15 is 0 Å². The third-order valence-electron chi connectivity index (χ3n) is 4.22. The van der Waals surface area contributed by atoms with Crippen molar-refractivity contribution in [1.29, 1.82) is 0 Å². The van der Waals surface area contributed by atoms with E-state index in [4.69, 9.17) is 0 Å². The Bertz CT molecular complexity index is 1250. The molecule has 9 nitrogen and oxygen atoms in total. The minimum Gasteiger partial charge on any atom is -0.271 e. The van der Waals surface area contributed by atoms with Gasteiger partial charge in [0.05, 0.1) is 21.7 Å². The zero-order valence-corrected chi connectivity index (χ0v) is 18.9. The topological polar surface area (TPSA) is 122 Å². The van der Waals surface area contributed by atoms with Crippen LogP contribution in [0.15, 0.2) is 93.3 Å². The second-order valence-corrected chi connectivity index (χ2v) is 9.22. The minimum atomic E-state index is -4.02. The number of anilines is 1. The van der Waals surface area contributed by atoms with E-state index in [9.17, 15) is 23.3 Å². The Balaban J connectivity index is 1.79. The normalized spacial score (nSPS) is 11.3. The molecule has 3 aromatic rings. The lowest BCUT2D eigenvalue weighted by Gasteiger charge is -2.23. The summed E-state index contributed by atoms with van der Waals surface area (Å²) in [6.07, 6.45) is 1.30. The second-order valence-electron chi connectivity index (χ2n) is 6.45. The summed E-state index contributed by atoms with van der Waals surface area (Å²) in [4.78, 5) is 22.7. The van der Waals surface area contributed by atoms with Crippen molar-refractivity contribution in [3.05, 3.63) is 99.0 Å². The summed E-state index contributed by atoms with van der Waals surface area (Å²) in [5, 5.41) is 14.5. The molecule has 0 unspecified atom stereocenters. The molecular weight excluding hydrogens is 500 g/mol.